The van der Waals surface area contributed by atoms with Crippen molar-refractivity contribution in [3.63, 3.8) is 0 Å². The molecular formula is C29H25NO3S. The molecule has 34 heavy (non-hydrogen) atoms. The molecule has 170 valence electrons. The van der Waals surface area contributed by atoms with E-state index in [0.717, 1.165) is 39.8 Å². The van der Waals surface area contributed by atoms with Gasteiger partial charge in [-0.2, -0.15) is 0 Å². The number of hydrogen-bond acceptors (Lipinski definition) is 5. The predicted molar refractivity (Wildman–Crippen MR) is 138 cm³/mol. The highest BCUT2D eigenvalue weighted by Gasteiger charge is 2.21. The molecule has 0 fully saturated rings. The Bertz CT molecular complexity index is 1220. The molecule has 4 rings (SSSR count). The maximum absolute atomic E-state index is 12.9. The van der Waals surface area contributed by atoms with Gasteiger partial charge in [0.1, 0.15) is 0 Å². The van der Waals surface area contributed by atoms with Gasteiger partial charge in [-0.1, -0.05) is 84.9 Å². The molecule has 0 saturated carbocycles. The van der Waals surface area contributed by atoms with Crippen LogP contribution < -0.4 is 0 Å². The summed E-state index contributed by atoms with van der Waals surface area (Å²) in [6.45, 7) is 2.10. The molecule has 1 aromatic heterocycles. The van der Waals surface area contributed by atoms with Crippen molar-refractivity contribution in [2.24, 2.45) is 4.99 Å². The number of carbonyl (C=O) groups is 2. The number of hydrogen-bond donors (Lipinski definition) is 0. The van der Waals surface area contributed by atoms with Gasteiger partial charge in [0.2, 0.25) is 0 Å². The lowest BCUT2D eigenvalue weighted by Gasteiger charge is -2.15. The van der Waals surface area contributed by atoms with E-state index in [2.05, 4.69) is 0 Å². The Morgan fingerprint density at radius 3 is 2.06 bits per heavy atom. The van der Waals surface area contributed by atoms with Crippen LogP contribution in [0.5, 0.6) is 0 Å². The van der Waals surface area contributed by atoms with Gasteiger partial charge in [0, 0.05) is 17.5 Å². The van der Waals surface area contributed by atoms with E-state index in [1.165, 1.54) is 11.3 Å². The van der Waals surface area contributed by atoms with Gasteiger partial charge in [-0.3, -0.25) is 9.79 Å². The van der Waals surface area contributed by atoms with Crippen LogP contribution >= 0.6 is 11.3 Å². The monoisotopic (exact) mass is 467 g/mol. The van der Waals surface area contributed by atoms with Crippen LogP contribution in [0.3, 0.4) is 0 Å². The maximum atomic E-state index is 12.9. The molecule has 0 unspecified atom stereocenters. The molecule has 0 aliphatic heterocycles. The first-order chi connectivity index (χ1) is 16.7. The topological polar surface area (TPSA) is 55.7 Å². The highest BCUT2D eigenvalue weighted by Crippen LogP contribution is 2.25. The second kappa shape index (κ2) is 11.3. The minimum Gasteiger partial charge on any atom is -0.464 e. The molecule has 0 aliphatic carbocycles. The Morgan fingerprint density at radius 1 is 0.912 bits per heavy atom. The SMILES string of the molecule is CCOC(=O)[C@H](Cc1ccc(-c2csc(C=O)c2)cc1)N=C(c1ccccc1)c1ccccc1. The Morgan fingerprint density at radius 2 is 1.53 bits per heavy atom. The molecule has 0 bridgehead atoms. The van der Waals surface area contributed by atoms with Gasteiger partial charge in [-0.15, -0.1) is 11.3 Å². The molecular weight excluding hydrogens is 442 g/mol. The third-order valence-corrected chi connectivity index (χ3v) is 6.25. The molecule has 4 nitrogen and oxygen atoms in total. The number of benzene rings is 3. The molecule has 0 spiro atoms. The van der Waals surface area contributed by atoms with Gasteiger partial charge < -0.3 is 4.74 Å². The lowest BCUT2D eigenvalue weighted by Crippen LogP contribution is -2.26. The molecule has 4 aromatic rings. The fraction of sp³-hybridized carbons (Fsp3) is 0.138. The number of esters is 1. The second-order valence-electron chi connectivity index (χ2n) is 7.73. The molecule has 3 aromatic carbocycles. The molecule has 0 N–H and O–H groups in total. The van der Waals surface area contributed by atoms with Crippen molar-refractivity contribution >= 4 is 29.3 Å². The van der Waals surface area contributed by atoms with E-state index in [0.29, 0.717) is 17.9 Å². The fourth-order valence-corrected chi connectivity index (χ4v) is 4.42. The van der Waals surface area contributed by atoms with E-state index in [1.807, 2.05) is 96.4 Å². The van der Waals surface area contributed by atoms with E-state index < -0.39 is 6.04 Å². The van der Waals surface area contributed by atoms with E-state index in [9.17, 15) is 9.59 Å². The summed E-state index contributed by atoms with van der Waals surface area (Å²) >= 11 is 1.42. The molecule has 1 heterocycles. The molecule has 0 saturated heterocycles. The third-order valence-electron chi connectivity index (χ3n) is 5.39. The Hall–Kier alpha value is -3.83. The van der Waals surface area contributed by atoms with Crippen molar-refractivity contribution in [1.82, 2.24) is 0 Å². The number of aldehydes is 1. The number of ether oxygens (including phenoxy) is 1. The minimum absolute atomic E-state index is 0.299. The van der Waals surface area contributed by atoms with E-state index in [-0.39, 0.29) is 5.97 Å². The zero-order chi connectivity index (χ0) is 23.8. The zero-order valence-corrected chi connectivity index (χ0v) is 19.7. The van der Waals surface area contributed by atoms with Crippen molar-refractivity contribution in [3.8, 4) is 11.1 Å². The summed E-state index contributed by atoms with van der Waals surface area (Å²) in [4.78, 5) is 29.5. The Labute approximate surface area is 203 Å². The largest absolute Gasteiger partial charge is 0.464 e. The first kappa shape index (κ1) is 23.3. The zero-order valence-electron chi connectivity index (χ0n) is 18.9. The summed E-state index contributed by atoms with van der Waals surface area (Å²) < 4.78 is 5.38. The molecule has 0 amide bonds. The molecule has 0 radical (unpaired) electrons. The van der Waals surface area contributed by atoms with Crippen LogP contribution in [0.2, 0.25) is 0 Å². The van der Waals surface area contributed by atoms with Crippen LogP contribution in [0.25, 0.3) is 11.1 Å². The van der Waals surface area contributed by atoms with E-state index in [1.54, 1.807) is 6.92 Å². The summed E-state index contributed by atoms with van der Waals surface area (Å²) in [5.74, 6) is -0.343. The lowest BCUT2D eigenvalue weighted by molar-refractivity contribution is -0.144. The maximum Gasteiger partial charge on any atom is 0.331 e. The van der Waals surface area contributed by atoms with E-state index >= 15 is 0 Å². The van der Waals surface area contributed by atoms with Crippen molar-refractivity contribution in [3.05, 3.63) is 118 Å². The molecule has 1 atom stereocenters. The van der Waals surface area contributed by atoms with Gasteiger partial charge in [-0.05, 0) is 35.1 Å². The summed E-state index contributed by atoms with van der Waals surface area (Å²) in [5, 5.41) is 1.97. The number of rotatable bonds is 9. The summed E-state index contributed by atoms with van der Waals surface area (Å²) in [7, 11) is 0. The van der Waals surface area contributed by atoms with E-state index in [4.69, 9.17) is 9.73 Å². The lowest BCUT2D eigenvalue weighted by atomic mass is 9.99. The summed E-state index contributed by atoms with van der Waals surface area (Å²) in [6.07, 6.45) is 1.28. The van der Waals surface area contributed by atoms with Crippen LogP contribution in [-0.4, -0.2) is 30.6 Å². The van der Waals surface area contributed by atoms with Crippen molar-refractivity contribution in [1.29, 1.82) is 0 Å². The van der Waals surface area contributed by atoms with Crippen LogP contribution in [0.4, 0.5) is 0 Å². The molecule has 5 heteroatoms. The van der Waals surface area contributed by atoms with Crippen LogP contribution in [0.15, 0.2) is 101 Å². The van der Waals surface area contributed by atoms with Crippen LogP contribution in [0, 0.1) is 0 Å². The van der Waals surface area contributed by atoms with Gasteiger partial charge >= 0.3 is 5.97 Å². The highest BCUT2D eigenvalue weighted by atomic mass is 32.1. The average Bonchev–Trinajstić information content (AvgIpc) is 3.37. The number of nitrogens with zero attached hydrogens (tertiary/aromatic N) is 1. The van der Waals surface area contributed by atoms with Crippen LogP contribution in [-0.2, 0) is 16.0 Å². The standard InChI is InChI=1S/C29H25NO3S/c1-2-33-29(32)27(17-21-13-15-22(16-14-21)25-18-26(19-31)34-20-25)30-28(23-9-5-3-6-10-23)24-11-7-4-8-12-24/h3-16,18-20,27H,2,17H2,1H3/t27-/m0/s1. The quantitative estimate of drug-likeness (QED) is 0.166. The Kier molecular flexibility index (Phi) is 7.79. The normalized spacial score (nSPS) is 11.4. The summed E-state index contributed by atoms with van der Waals surface area (Å²) in [5.41, 5.74) is 5.67. The first-order valence-electron chi connectivity index (χ1n) is 11.2. The van der Waals surface area contributed by atoms with Crippen LogP contribution in [0.1, 0.15) is 33.3 Å². The van der Waals surface area contributed by atoms with Crippen molar-refractivity contribution < 1.29 is 14.3 Å². The predicted octanol–water partition coefficient (Wildman–Crippen LogP) is 6.24. The van der Waals surface area contributed by atoms with Crippen molar-refractivity contribution in [2.75, 3.05) is 6.61 Å². The van der Waals surface area contributed by atoms with Gasteiger partial charge in [0.15, 0.2) is 12.3 Å². The van der Waals surface area contributed by atoms with Crippen molar-refractivity contribution in [2.45, 2.75) is 19.4 Å². The Balaban J connectivity index is 1.66. The fourth-order valence-electron chi connectivity index (χ4n) is 3.71. The van der Waals surface area contributed by atoms with Gasteiger partial charge in [0.05, 0.1) is 17.2 Å². The number of thiophene rings is 1. The minimum atomic E-state index is -0.677. The second-order valence-corrected chi connectivity index (χ2v) is 8.68. The summed E-state index contributed by atoms with van der Waals surface area (Å²) in [6, 6.07) is 29.0. The number of aliphatic imine (C=N–C) groups is 1. The molecule has 0 aliphatic rings. The number of carbonyl (C=O) groups excluding carboxylic acids is 2. The first-order valence-corrected chi connectivity index (χ1v) is 12.0. The third kappa shape index (κ3) is 5.74. The van der Waals surface area contributed by atoms with Gasteiger partial charge in [-0.25, -0.2) is 4.79 Å². The smallest absolute Gasteiger partial charge is 0.331 e. The van der Waals surface area contributed by atoms with Gasteiger partial charge in [0.25, 0.3) is 0 Å². The highest BCUT2D eigenvalue weighted by molar-refractivity contribution is 7.12. The average molecular weight is 468 g/mol.